The van der Waals surface area contributed by atoms with Crippen molar-refractivity contribution in [1.29, 1.82) is 0 Å². The standard InChI is InChI=1S/C15H16BN/c16-17-15-10-14(11-6-2-1-3-7-11)12-8-4-5-9-13(12)15/h1-9,14-15,17H,10,16H2/t14-,15-/m0/s1. The van der Waals surface area contributed by atoms with E-state index in [0.29, 0.717) is 12.0 Å². The summed E-state index contributed by atoms with van der Waals surface area (Å²) in [5, 5.41) is 3.42. The van der Waals surface area contributed by atoms with Gasteiger partial charge >= 0.3 is 0 Å². The lowest BCUT2D eigenvalue weighted by molar-refractivity contribution is 0.620. The van der Waals surface area contributed by atoms with Gasteiger partial charge in [0, 0.05) is 12.0 Å². The molecule has 1 nitrogen and oxygen atoms in total. The van der Waals surface area contributed by atoms with Crippen molar-refractivity contribution < 1.29 is 0 Å². The molecular formula is C15H16BN. The zero-order chi connectivity index (χ0) is 11.7. The van der Waals surface area contributed by atoms with E-state index in [2.05, 4.69) is 67.8 Å². The summed E-state index contributed by atoms with van der Waals surface area (Å²) in [5.41, 5.74) is 4.37. The van der Waals surface area contributed by atoms with Crippen molar-refractivity contribution in [3.05, 3.63) is 71.3 Å². The Morgan fingerprint density at radius 2 is 1.53 bits per heavy atom. The average Bonchev–Trinajstić information content (AvgIpc) is 2.78. The zero-order valence-electron chi connectivity index (χ0n) is 10.1. The van der Waals surface area contributed by atoms with Crippen LogP contribution in [0.2, 0.25) is 0 Å². The van der Waals surface area contributed by atoms with E-state index >= 15 is 0 Å². The van der Waals surface area contributed by atoms with Crippen LogP contribution in [0.5, 0.6) is 0 Å². The number of nitrogens with one attached hydrogen (secondary N) is 1. The third-order valence-electron chi connectivity index (χ3n) is 3.77. The van der Waals surface area contributed by atoms with Gasteiger partial charge in [0.05, 0.1) is 0 Å². The van der Waals surface area contributed by atoms with Crippen LogP contribution in [-0.4, -0.2) is 7.98 Å². The first-order chi connectivity index (χ1) is 8.40. The van der Waals surface area contributed by atoms with Crippen molar-refractivity contribution >= 4 is 7.98 Å². The molecule has 2 heteroatoms. The summed E-state index contributed by atoms with van der Waals surface area (Å²) in [4.78, 5) is 0. The van der Waals surface area contributed by atoms with E-state index in [0.717, 1.165) is 0 Å². The van der Waals surface area contributed by atoms with Crippen LogP contribution in [-0.2, 0) is 0 Å². The molecule has 1 N–H and O–H groups in total. The highest BCUT2D eigenvalue weighted by atomic mass is 14.8. The van der Waals surface area contributed by atoms with Gasteiger partial charge < -0.3 is 5.23 Å². The monoisotopic (exact) mass is 221 g/mol. The topological polar surface area (TPSA) is 12.0 Å². The summed E-state index contributed by atoms with van der Waals surface area (Å²) in [5.74, 6) is 0.546. The molecule has 2 aromatic carbocycles. The van der Waals surface area contributed by atoms with E-state index in [-0.39, 0.29) is 0 Å². The van der Waals surface area contributed by atoms with Gasteiger partial charge in [-0.25, -0.2) is 0 Å². The highest BCUT2D eigenvalue weighted by Crippen LogP contribution is 2.43. The molecule has 17 heavy (non-hydrogen) atoms. The van der Waals surface area contributed by atoms with Gasteiger partial charge in [-0.3, -0.25) is 0 Å². The number of hydrogen-bond acceptors (Lipinski definition) is 1. The highest BCUT2D eigenvalue weighted by molar-refractivity contribution is 6.04. The molecule has 0 fully saturated rings. The summed E-state index contributed by atoms with van der Waals surface area (Å²) < 4.78 is 0. The first-order valence-electron chi connectivity index (χ1n) is 6.21. The molecule has 1 aliphatic rings. The molecule has 0 bridgehead atoms. The molecule has 1 aliphatic carbocycles. The van der Waals surface area contributed by atoms with Crippen molar-refractivity contribution in [1.82, 2.24) is 5.23 Å². The van der Waals surface area contributed by atoms with E-state index < -0.39 is 0 Å². The molecule has 0 saturated heterocycles. The maximum Gasteiger partial charge on any atom is 0.182 e. The predicted octanol–water partition coefficient (Wildman–Crippen LogP) is 2.40. The summed E-state index contributed by atoms with van der Waals surface area (Å²) in [7, 11) is 2.05. The second-order valence-electron chi connectivity index (χ2n) is 4.67. The van der Waals surface area contributed by atoms with Crippen LogP contribution in [0.25, 0.3) is 0 Å². The molecule has 0 aliphatic heterocycles. The number of rotatable bonds is 2. The van der Waals surface area contributed by atoms with Gasteiger partial charge in [0.25, 0.3) is 0 Å². The lowest BCUT2D eigenvalue weighted by Gasteiger charge is -2.12. The van der Waals surface area contributed by atoms with E-state index in [9.17, 15) is 0 Å². The molecule has 0 unspecified atom stereocenters. The van der Waals surface area contributed by atoms with E-state index in [1.807, 2.05) is 0 Å². The highest BCUT2D eigenvalue weighted by Gasteiger charge is 2.29. The second-order valence-corrected chi connectivity index (χ2v) is 4.67. The molecule has 2 aromatic rings. The van der Waals surface area contributed by atoms with E-state index in [4.69, 9.17) is 0 Å². The molecule has 0 radical (unpaired) electrons. The fraction of sp³-hybridized carbons (Fsp3) is 0.200. The largest absolute Gasteiger partial charge is 0.356 e. The lowest BCUT2D eigenvalue weighted by atomic mass is 9.93. The Labute approximate surface area is 103 Å². The van der Waals surface area contributed by atoms with E-state index in [1.165, 1.54) is 23.1 Å². The van der Waals surface area contributed by atoms with Gasteiger partial charge in [0.2, 0.25) is 0 Å². The van der Waals surface area contributed by atoms with Crippen LogP contribution in [0.4, 0.5) is 0 Å². The minimum absolute atomic E-state index is 0.497. The zero-order valence-corrected chi connectivity index (χ0v) is 10.1. The van der Waals surface area contributed by atoms with Crippen molar-refractivity contribution in [3.63, 3.8) is 0 Å². The van der Waals surface area contributed by atoms with Crippen LogP contribution in [0, 0.1) is 0 Å². The van der Waals surface area contributed by atoms with Crippen LogP contribution in [0.1, 0.15) is 35.1 Å². The van der Waals surface area contributed by atoms with Gasteiger partial charge in [-0.2, -0.15) is 0 Å². The molecule has 0 amide bonds. The Kier molecular flexibility index (Phi) is 2.73. The predicted molar refractivity (Wildman–Crippen MR) is 73.8 cm³/mol. The number of fused-ring (bicyclic) bond motifs is 1. The maximum atomic E-state index is 3.42. The van der Waals surface area contributed by atoms with Gasteiger partial charge in [-0.1, -0.05) is 54.6 Å². The first kappa shape index (κ1) is 10.6. The van der Waals surface area contributed by atoms with Crippen molar-refractivity contribution in [2.24, 2.45) is 0 Å². The normalized spacial score (nSPS) is 22.4. The minimum Gasteiger partial charge on any atom is -0.356 e. The second kappa shape index (κ2) is 4.38. The van der Waals surface area contributed by atoms with E-state index in [1.54, 1.807) is 0 Å². The Morgan fingerprint density at radius 3 is 2.24 bits per heavy atom. The summed E-state index contributed by atoms with van der Waals surface area (Å²) >= 11 is 0. The molecule has 0 aromatic heterocycles. The maximum absolute atomic E-state index is 3.42. The molecule has 2 atom stereocenters. The Balaban J connectivity index is 2.05. The summed E-state index contributed by atoms with van der Waals surface area (Å²) in [6.07, 6.45) is 1.17. The Morgan fingerprint density at radius 1 is 0.882 bits per heavy atom. The SMILES string of the molecule is BN[C@H]1C[C@@H](c2ccccc2)c2ccccc21. The average molecular weight is 221 g/mol. The van der Waals surface area contributed by atoms with Crippen LogP contribution >= 0.6 is 0 Å². The van der Waals surface area contributed by atoms with Gasteiger partial charge in [0.15, 0.2) is 7.98 Å². The fourth-order valence-electron chi connectivity index (χ4n) is 2.91. The molecule has 0 heterocycles. The van der Waals surface area contributed by atoms with Gasteiger partial charge in [0.1, 0.15) is 0 Å². The smallest absolute Gasteiger partial charge is 0.182 e. The van der Waals surface area contributed by atoms with Gasteiger partial charge in [-0.15, -0.1) is 0 Å². The molecule has 84 valence electrons. The Bertz CT molecular complexity index is 509. The van der Waals surface area contributed by atoms with Gasteiger partial charge in [-0.05, 0) is 23.1 Å². The molecule has 0 saturated carbocycles. The minimum atomic E-state index is 0.497. The molecular weight excluding hydrogens is 205 g/mol. The van der Waals surface area contributed by atoms with Crippen LogP contribution in [0.3, 0.4) is 0 Å². The van der Waals surface area contributed by atoms with Crippen LogP contribution < -0.4 is 5.23 Å². The summed E-state index contributed by atoms with van der Waals surface area (Å²) in [6.45, 7) is 0. The summed E-state index contributed by atoms with van der Waals surface area (Å²) in [6, 6.07) is 20.1. The van der Waals surface area contributed by atoms with Crippen molar-refractivity contribution in [2.75, 3.05) is 0 Å². The quantitative estimate of drug-likeness (QED) is 0.768. The van der Waals surface area contributed by atoms with Crippen molar-refractivity contribution in [2.45, 2.75) is 18.4 Å². The fourth-order valence-corrected chi connectivity index (χ4v) is 2.91. The molecule has 0 spiro atoms. The van der Waals surface area contributed by atoms with Crippen LogP contribution in [0.15, 0.2) is 54.6 Å². The third kappa shape index (κ3) is 1.79. The third-order valence-corrected chi connectivity index (χ3v) is 3.77. The number of hydrogen-bond donors (Lipinski definition) is 1. The van der Waals surface area contributed by atoms with Crippen molar-refractivity contribution in [3.8, 4) is 0 Å². The number of benzene rings is 2. The first-order valence-corrected chi connectivity index (χ1v) is 6.21. The lowest BCUT2D eigenvalue weighted by Crippen LogP contribution is -2.15. The Hall–Kier alpha value is -1.54. The molecule has 3 rings (SSSR count).